The number of fused-ring (bicyclic) bond motifs is 1. The maximum Gasteiger partial charge on any atom is 0.215 e. The number of benzene rings is 2. The summed E-state index contributed by atoms with van der Waals surface area (Å²) in [6.07, 6.45) is 2.13. The molecule has 0 spiro atoms. The molecule has 2 aromatic rings. The minimum atomic E-state index is -0.195. The van der Waals surface area contributed by atoms with Crippen molar-refractivity contribution >= 4 is 18.0 Å². The molecule has 0 radical (unpaired) electrons. The van der Waals surface area contributed by atoms with E-state index in [-0.39, 0.29) is 11.8 Å². The van der Waals surface area contributed by atoms with E-state index in [2.05, 4.69) is 15.4 Å². The van der Waals surface area contributed by atoms with Crippen LogP contribution < -0.4 is 10.1 Å². The molecule has 0 bridgehead atoms. The molecule has 1 unspecified atom stereocenters. The second kappa shape index (κ2) is 7.00. The van der Waals surface area contributed by atoms with Crippen LogP contribution in [-0.4, -0.2) is 43.2 Å². The predicted octanol–water partition coefficient (Wildman–Crippen LogP) is 2.62. The maximum atomic E-state index is 13.0. The standard InChI is InChI=1S/C20H20N4O2/c1-26-16-7-4-6-14(11-16)19(25)12-18-17-8-3-2-5-15(17)13-23-24(18)20-21-9-10-22-20/h2-8,11,13,18H,9-10,12H2,1H3,(H,21,22). The molecule has 2 heterocycles. The van der Waals surface area contributed by atoms with E-state index in [9.17, 15) is 4.79 Å². The molecule has 1 N–H and O–H groups in total. The first-order chi connectivity index (χ1) is 12.8. The van der Waals surface area contributed by atoms with Crippen LogP contribution in [0.1, 0.15) is 33.9 Å². The van der Waals surface area contributed by atoms with E-state index in [1.54, 1.807) is 13.2 Å². The van der Waals surface area contributed by atoms with Crippen molar-refractivity contribution in [2.75, 3.05) is 20.2 Å². The molecule has 6 heteroatoms. The lowest BCUT2D eigenvalue weighted by Gasteiger charge is -2.32. The highest BCUT2D eigenvalue weighted by Crippen LogP contribution is 2.32. The smallest absolute Gasteiger partial charge is 0.215 e. The van der Waals surface area contributed by atoms with Crippen LogP contribution >= 0.6 is 0 Å². The first kappa shape index (κ1) is 16.3. The van der Waals surface area contributed by atoms with Crippen molar-refractivity contribution in [2.45, 2.75) is 12.5 Å². The van der Waals surface area contributed by atoms with Crippen molar-refractivity contribution in [3.8, 4) is 5.75 Å². The fourth-order valence-corrected chi connectivity index (χ4v) is 3.30. The van der Waals surface area contributed by atoms with Gasteiger partial charge in [0.05, 0.1) is 25.9 Å². The number of methoxy groups -OCH3 is 1. The number of carbonyl (C=O) groups excluding carboxylic acids is 1. The van der Waals surface area contributed by atoms with E-state index in [1.807, 2.05) is 53.7 Å². The predicted molar refractivity (Wildman–Crippen MR) is 101 cm³/mol. The van der Waals surface area contributed by atoms with Crippen molar-refractivity contribution in [3.63, 3.8) is 0 Å². The second-order valence-corrected chi connectivity index (χ2v) is 6.23. The van der Waals surface area contributed by atoms with Gasteiger partial charge < -0.3 is 10.1 Å². The normalized spacial score (nSPS) is 18.1. The molecule has 2 aliphatic heterocycles. The Bertz CT molecular complexity index is 891. The number of nitrogens with one attached hydrogen (secondary N) is 1. The van der Waals surface area contributed by atoms with Crippen molar-refractivity contribution in [1.29, 1.82) is 0 Å². The number of hydrogen-bond acceptors (Lipinski definition) is 6. The van der Waals surface area contributed by atoms with Crippen molar-refractivity contribution in [1.82, 2.24) is 10.3 Å². The summed E-state index contributed by atoms with van der Waals surface area (Å²) < 4.78 is 5.24. The van der Waals surface area contributed by atoms with Gasteiger partial charge in [-0.2, -0.15) is 5.10 Å². The summed E-state index contributed by atoms with van der Waals surface area (Å²) in [4.78, 5) is 17.4. The Morgan fingerprint density at radius 3 is 2.96 bits per heavy atom. The van der Waals surface area contributed by atoms with Gasteiger partial charge in [0.15, 0.2) is 5.78 Å². The van der Waals surface area contributed by atoms with Crippen molar-refractivity contribution in [2.24, 2.45) is 10.1 Å². The molecule has 2 aliphatic rings. The third kappa shape index (κ3) is 3.06. The SMILES string of the molecule is COc1cccc(C(=O)CC2c3ccccc3C=NN2C2=NCCN2)c1. The van der Waals surface area contributed by atoms with Gasteiger partial charge in [0.2, 0.25) is 5.96 Å². The van der Waals surface area contributed by atoms with Gasteiger partial charge in [-0.05, 0) is 23.3 Å². The molecular formula is C20H20N4O2. The lowest BCUT2D eigenvalue weighted by atomic mass is 9.93. The molecule has 0 aromatic heterocycles. The van der Waals surface area contributed by atoms with E-state index in [0.29, 0.717) is 17.7 Å². The molecule has 0 saturated carbocycles. The summed E-state index contributed by atoms with van der Waals surface area (Å²) in [5.41, 5.74) is 2.75. The van der Waals surface area contributed by atoms with Gasteiger partial charge in [0.25, 0.3) is 0 Å². The summed E-state index contributed by atoms with van der Waals surface area (Å²) >= 11 is 0. The third-order valence-electron chi connectivity index (χ3n) is 4.62. The van der Waals surface area contributed by atoms with Gasteiger partial charge in [-0.15, -0.1) is 0 Å². The van der Waals surface area contributed by atoms with Gasteiger partial charge in [-0.3, -0.25) is 4.79 Å². The molecule has 2 aromatic carbocycles. The molecule has 1 atom stereocenters. The van der Waals surface area contributed by atoms with Gasteiger partial charge in [-0.25, -0.2) is 10.0 Å². The van der Waals surface area contributed by atoms with Gasteiger partial charge in [0.1, 0.15) is 5.75 Å². The van der Waals surface area contributed by atoms with Crippen molar-refractivity contribution < 1.29 is 9.53 Å². The van der Waals surface area contributed by atoms with Crippen LogP contribution in [0.4, 0.5) is 0 Å². The molecule has 0 amide bonds. The number of carbonyl (C=O) groups is 1. The Kier molecular flexibility index (Phi) is 4.39. The quantitative estimate of drug-likeness (QED) is 0.863. The minimum absolute atomic E-state index is 0.0457. The Morgan fingerprint density at radius 1 is 1.27 bits per heavy atom. The Hall–Kier alpha value is -3.15. The highest BCUT2D eigenvalue weighted by molar-refractivity contribution is 5.98. The molecule has 26 heavy (non-hydrogen) atoms. The number of nitrogens with zero attached hydrogens (tertiary/aromatic N) is 3. The molecule has 0 fully saturated rings. The summed E-state index contributed by atoms with van der Waals surface area (Å²) in [5, 5.41) is 9.63. The van der Waals surface area contributed by atoms with Gasteiger partial charge in [0, 0.05) is 18.5 Å². The number of hydrogen-bond donors (Lipinski definition) is 1. The fraction of sp³-hybridized carbons (Fsp3) is 0.250. The topological polar surface area (TPSA) is 66.3 Å². The van der Waals surface area contributed by atoms with E-state index in [1.165, 1.54) is 0 Å². The highest BCUT2D eigenvalue weighted by Gasteiger charge is 2.31. The summed E-state index contributed by atoms with van der Waals surface area (Å²) in [6, 6.07) is 15.1. The average Bonchev–Trinajstić information content (AvgIpc) is 3.23. The first-order valence-corrected chi connectivity index (χ1v) is 8.64. The molecule has 132 valence electrons. The second-order valence-electron chi connectivity index (χ2n) is 6.23. The molecule has 4 rings (SSSR count). The lowest BCUT2D eigenvalue weighted by molar-refractivity contribution is 0.0948. The first-order valence-electron chi connectivity index (χ1n) is 8.64. The Labute approximate surface area is 152 Å². The molecule has 0 aliphatic carbocycles. The third-order valence-corrected chi connectivity index (χ3v) is 4.62. The Balaban J connectivity index is 1.66. The largest absolute Gasteiger partial charge is 0.497 e. The monoisotopic (exact) mass is 348 g/mol. The van der Waals surface area contributed by atoms with Crippen LogP contribution in [0.2, 0.25) is 0 Å². The van der Waals surface area contributed by atoms with Crippen LogP contribution in [0.25, 0.3) is 0 Å². The van der Waals surface area contributed by atoms with E-state index in [0.717, 1.165) is 30.2 Å². The number of ketones is 1. The lowest BCUT2D eigenvalue weighted by Crippen LogP contribution is -2.40. The fourth-order valence-electron chi connectivity index (χ4n) is 3.30. The van der Waals surface area contributed by atoms with Crippen LogP contribution in [0, 0.1) is 0 Å². The van der Waals surface area contributed by atoms with Crippen LogP contribution in [0.15, 0.2) is 58.6 Å². The zero-order valence-electron chi connectivity index (χ0n) is 14.6. The van der Waals surface area contributed by atoms with Gasteiger partial charge >= 0.3 is 0 Å². The van der Waals surface area contributed by atoms with Crippen molar-refractivity contribution in [3.05, 3.63) is 65.2 Å². The van der Waals surface area contributed by atoms with Crippen LogP contribution in [-0.2, 0) is 0 Å². The van der Waals surface area contributed by atoms with E-state index >= 15 is 0 Å². The zero-order valence-corrected chi connectivity index (χ0v) is 14.6. The number of guanidine groups is 1. The van der Waals surface area contributed by atoms with E-state index in [4.69, 9.17) is 4.74 Å². The molecule has 0 saturated heterocycles. The minimum Gasteiger partial charge on any atom is -0.497 e. The molecular weight excluding hydrogens is 328 g/mol. The summed E-state index contributed by atoms with van der Waals surface area (Å²) in [6.45, 7) is 1.51. The number of ether oxygens (including phenoxy) is 1. The Morgan fingerprint density at radius 2 is 2.15 bits per heavy atom. The average molecular weight is 348 g/mol. The van der Waals surface area contributed by atoms with Crippen LogP contribution in [0.3, 0.4) is 0 Å². The molecule has 6 nitrogen and oxygen atoms in total. The maximum absolute atomic E-state index is 13.0. The highest BCUT2D eigenvalue weighted by atomic mass is 16.5. The number of rotatable bonds is 4. The number of hydrazone groups is 1. The summed E-state index contributed by atoms with van der Waals surface area (Å²) in [7, 11) is 1.60. The van der Waals surface area contributed by atoms with Crippen LogP contribution in [0.5, 0.6) is 5.75 Å². The number of aliphatic imine (C=N–C) groups is 1. The van der Waals surface area contributed by atoms with Gasteiger partial charge in [-0.1, -0.05) is 36.4 Å². The number of Topliss-reactive ketones (excluding diaryl/α,β-unsaturated/α-hetero) is 1. The summed E-state index contributed by atoms with van der Waals surface area (Å²) in [5.74, 6) is 1.44. The zero-order chi connectivity index (χ0) is 17.9. The van der Waals surface area contributed by atoms with E-state index < -0.39 is 0 Å².